The standard InChI is InChI=1S/C17H19Br2NO/c1-11(13-4-7-15(21-3)8-5-13)20-12(2)16-9-6-14(18)10-17(16)19/h4-12,20H,1-3H3/t11-,12?/m0/s1. The lowest BCUT2D eigenvalue weighted by Gasteiger charge is -2.22. The fourth-order valence-corrected chi connectivity index (χ4v) is 3.70. The zero-order valence-electron chi connectivity index (χ0n) is 12.4. The van der Waals surface area contributed by atoms with Gasteiger partial charge in [0.1, 0.15) is 5.75 Å². The van der Waals surface area contributed by atoms with E-state index < -0.39 is 0 Å². The zero-order chi connectivity index (χ0) is 15.4. The smallest absolute Gasteiger partial charge is 0.118 e. The van der Waals surface area contributed by atoms with E-state index in [0.29, 0.717) is 0 Å². The molecule has 0 aliphatic rings. The van der Waals surface area contributed by atoms with E-state index in [1.54, 1.807) is 7.11 Å². The van der Waals surface area contributed by atoms with Gasteiger partial charge < -0.3 is 10.1 Å². The summed E-state index contributed by atoms with van der Waals surface area (Å²) in [6, 6.07) is 15.0. The van der Waals surface area contributed by atoms with E-state index in [0.717, 1.165) is 14.7 Å². The van der Waals surface area contributed by atoms with Crippen molar-refractivity contribution < 1.29 is 4.74 Å². The minimum absolute atomic E-state index is 0.254. The molecule has 2 rings (SSSR count). The molecule has 0 radical (unpaired) electrons. The van der Waals surface area contributed by atoms with Gasteiger partial charge in [-0.2, -0.15) is 0 Å². The highest BCUT2D eigenvalue weighted by Gasteiger charge is 2.13. The third kappa shape index (κ3) is 4.31. The maximum atomic E-state index is 5.20. The van der Waals surface area contributed by atoms with E-state index in [1.807, 2.05) is 12.1 Å². The first-order valence-electron chi connectivity index (χ1n) is 6.86. The van der Waals surface area contributed by atoms with Crippen molar-refractivity contribution in [3.8, 4) is 5.75 Å². The van der Waals surface area contributed by atoms with E-state index in [9.17, 15) is 0 Å². The molecule has 4 heteroatoms. The molecule has 0 heterocycles. The van der Waals surface area contributed by atoms with Crippen LogP contribution in [-0.4, -0.2) is 7.11 Å². The van der Waals surface area contributed by atoms with Gasteiger partial charge in [0, 0.05) is 21.0 Å². The van der Waals surface area contributed by atoms with Crippen LogP contribution in [0.15, 0.2) is 51.4 Å². The Morgan fingerprint density at radius 2 is 1.62 bits per heavy atom. The highest BCUT2D eigenvalue weighted by molar-refractivity contribution is 9.11. The molecule has 0 bridgehead atoms. The number of methoxy groups -OCH3 is 1. The van der Waals surface area contributed by atoms with Crippen LogP contribution < -0.4 is 10.1 Å². The summed E-state index contributed by atoms with van der Waals surface area (Å²) in [7, 11) is 1.68. The number of nitrogens with one attached hydrogen (secondary N) is 1. The molecule has 2 aromatic carbocycles. The van der Waals surface area contributed by atoms with Crippen LogP contribution in [0.4, 0.5) is 0 Å². The molecule has 2 atom stereocenters. The molecular formula is C17H19Br2NO. The van der Waals surface area contributed by atoms with Crippen LogP contribution in [0, 0.1) is 0 Å². The highest BCUT2D eigenvalue weighted by atomic mass is 79.9. The SMILES string of the molecule is COc1ccc([C@H](C)NC(C)c2ccc(Br)cc2Br)cc1. The molecule has 0 aliphatic heterocycles. The number of rotatable bonds is 5. The Morgan fingerprint density at radius 3 is 2.19 bits per heavy atom. The van der Waals surface area contributed by atoms with Gasteiger partial charge in [0.15, 0.2) is 0 Å². The summed E-state index contributed by atoms with van der Waals surface area (Å²) < 4.78 is 7.38. The van der Waals surface area contributed by atoms with Gasteiger partial charge in [-0.1, -0.05) is 50.1 Å². The molecule has 0 amide bonds. The van der Waals surface area contributed by atoms with Crippen molar-refractivity contribution >= 4 is 31.9 Å². The van der Waals surface area contributed by atoms with E-state index in [1.165, 1.54) is 11.1 Å². The Labute approximate surface area is 143 Å². The molecule has 0 spiro atoms. The van der Waals surface area contributed by atoms with Crippen molar-refractivity contribution in [1.29, 1.82) is 0 Å². The summed E-state index contributed by atoms with van der Waals surface area (Å²) in [5, 5.41) is 3.62. The van der Waals surface area contributed by atoms with Gasteiger partial charge in [-0.15, -0.1) is 0 Å². The van der Waals surface area contributed by atoms with E-state index >= 15 is 0 Å². The summed E-state index contributed by atoms with van der Waals surface area (Å²) in [6.45, 7) is 4.35. The Hall–Kier alpha value is -0.840. The van der Waals surface area contributed by atoms with Gasteiger partial charge >= 0.3 is 0 Å². The van der Waals surface area contributed by atoms with Crippen LogP contribution in [0.25, 0.3) is 0 Å². The predicted octanol–water partition coefficient (Wildman–Crippen LogP) is 5.63. The molecule has 0 fully saturated rings. The molecule has 112 valence electrons. The molecule has 2 aromatic rings. The monoisotopic (exact) mass is 411 g/mol. The van der Waals surface area contributed by atoms with Crippen LogP contribution in [0.3, 0.4) is 0 Å². The van der Waals surface area contributed by atoms with Crippen LogP contribution >= 0.6 is 31.9 Å². The summed E-state index contributed by atoms with van der Waals surface area (Å²) in [6.07, 6.45) is 0. The molecule has 21 heavy (non-hydrogen) atoms. The minimum Gasteiger partial charge on any atom is -0.497 e. The quantitative estimate of drug-likeness (QED) is 0.686. The summed E-state index contributed by atoms with van der Waals surface area (Å²) >= 11 is 7.11. The van der Waals surface area contributed by atoms with Gasteiger partial charge in [-0.25, -0.2) is 0 Å². The molecule has 1 N–H and O–H groups in total. The first-order chi connectivity index (χ1) is 10.0. The largest absolute Gasteiger partial charge is 0.497 e. The van der Waals surface area contributed by atoms with Crippen molar-refractivity contribution in [2.45, 2.75) is 25.9 Å². The van der Waals surface area contributed by atoms with Crippen LogP contribution in [0.2, 0.25) is 0 Å². The number of ether oxygens (including phenoxy) is 1. The second-order valence-corrected chi connectivity index (χ2v) is 6.82. The van der Waals surface area contributed by atoms with Gasteiger partial charge in [0.25, 0.3) is 0 Å². The Balaban J connectivity index is 2.08. The van der Waals surface area contributed by atoms with Gasteiger partial charge in [-0.3, -0.25) is 0 Å². The number of benzene rings is 2. The lowest BCUT2D eigenvalue weighted by molar-refractivity contribution is 0.414. The number of halogens is 2. The van der Waals surface area contributed by atoms with Crippen LogP contribution in [0.1, 0.15) is 37.1 Å². The average Bonchev–Trinajstić information content (AvgIpc) is 2.47. The third-order valence-corrected chi connectivity index (χ3v) is 4.72. The fourth-order valence-electron chi connectivity index (χ4n) is 2.31. The third-order valence-electron chi connectivity index (χ3n) is 3.54. The van der Waals surface area contributed by atoms with E-state index in [-0.39, 0.29) is 12.1 Å². The zero-order valence-corrected chi connectivity index (χ0v) is 15.5. The molecule has 2 nitrogen and oxygen atoms in total. The summed E-state index contributed by atoms with van der Waals surface area (Å²) in [5.74, 6) is 0.884. The molecule has 0 aliphatic carbocycles. The Bertz CT molecular complexity index is 598. The first kappa shape index (κ1) is 16.5. The topological polar surface area (TPSA) is 21.3 Å². The van der Waals surface area contributed by atoms with Gasteiger partial charge in [0.05, 0.1) is 7.11 Å². The number of hydrogen-bond acceptors (Lipinski definition) is 2. The molecule has 1 unspecified atom stereocenters. The Morgan fingerprint density at radius 1 is 0.952 bits per heavy atom. The molecular weight excluding hydrogens is 394 g/mol. The van der Waals surface area contributed by atoms with Gasteiger partial charge in [0.2, 0.25) is 0 Å². The van der Waals surface area contributed by atoms with Crippen molar-refractivity contribution in [2.75, 3.05) is 7.11 Å². The second-order valence-electron chi connectivity index (χ2n) is 5.05. The normalized spacial score (nSPS) is 13.8. The lowest BCUT2D eigenvalue weighted by atomic mass is 10.0. The van der Waals surface area contributed by atoms with Crippen molar-refractivity contribution in [2.24, 2.45) is 0 Å². The minimum atomic E-state index is 0.254. The van der Waals surface area contributed by atoms with Gasteiger partial charge in [-0.05, 0) is 49.2 Å². The summed E-state index contributed by atoms with van der Waals surface area (Å²) in [5.41, 5.74) is 2.49. The molecule has 0 saturated carbocycles. The molecule has 0 aromatic heterocycles. The van der Waals surface area contributed by atoms with Crippen LogP contribution in [-0.2, 0) is 0 Å². The van der Waals surface area contributed by atoms with E-state index in [2.05, 4.69) is 81.4 Å². The lowest BCUT2D eigenvalue weighted by Crippen LogP contribution is -2.22. The van der Waals surface area contributed by atoms with Crippen molar-refractivity contribution in [1.82, 2.24) is 5.32 Å². The first-order valence-corrected chi connectivity index (χ1v) is 8.45. The van der Waals surface area contributed by atoms with Crippen molar-refractivity contribution in [3.05, 3.63) is 62.5 Å². The predicted molar refractivity (Wildman–Crippen MR) is 94.8 cm³/mol. The maximum Gasteiger partial charge on any atom is 0.118 e. The highest BCUT2D eigenvalue weighted by Crippen LogP contribution is 2.28. The average molecular weight is 413 g/mol. The second kappa shape index (κ2) is 7.43. The maximum absolute atomic E-state index is 5.20. The Kier molecular flexibility index (Phi) is 5.85. The number of hydrogen-bond donors (Lipinski definition) is 1. The van der Waals surface area contributed by atoms with Crippen LogP contribution in [0.5, 0.6) is 5.75 Å². The van der Waals surface area contributed by atoms with Crippen molar-refractivity contribution in [3.63, 3.8) is 0 Å². The fraction of sp³-hybridized carbons (Fsp3) is 0.294. The van der Waals surface area contributed by atoms with E-state index in [4.69, 9.17) is 4.74 Å². The summed E-state index contributed by atoms with van der Waals surface area (Å²) in [4.78, 5) is 0. The molecule has 0 saturated heterocycles.